The number of thiocarbonyl (C=S) groups is 1. The van der Waals surface area contributed by atoms with Crippen molar-refractivity contribution in [3.05, 3.63) is 77.8 Å². The van der Waals surface area contributed by atoms with Gasteiger partial charge >= 0.3 is 0 Å². The van der Waals surface area contributed by atoms with Crippen LogP contribution < -0.4 is 10.6 Å². The monoisotopic (exact) mass is 417 g/mol. The summed E-state index contributed by atoms with van der Waals surface area (Å²) in [4.78, 5) is 16.6. The summed E-state index contributed by atoms with van der Waals surface area (Å²) in [5.74, 6) is 0.753. The number of amides is 1. The Balaban J connectivity index is 1.48. The highest BCUT2D eigenvalue weighted by molar-refractivity contribution is 7.80. The van der Waals surface area contributed by atoms with Crippen LogP contribution in [0.2, 0.25) is 0 Å². The summed E-state index contributed by atoms with van der Waals surface area (Å²) in [6.45, 7) is 3.96. The van der Waals surface area contributed by atoms with Crippen LogP contribution in [0, 0.1) is 13.8 Å². The van der Waals surface area contributed by atoms with Crippen LogP contribution in [0.5, 0.6) is 0 Å². The van der Waals surface area contributed by atoms with Gasteiger partial charge in [0.2, 0.25) is 11.8 Å². The summed E-state index contributed by atoms with van der Waals surface area (Å²) in [6, 6.07) is 15.2. The van der Waals surface area contributed by atoms with Gasteiger partial charge in [-0.2, -0.15) is 0 Å². The fourth-order valence-electron chi connectivity index (χ4n) is 2.90. The third kappa shape index (κ3) is 4.47. The van der Waals surface area contributed by atoms with Crippen LogP contribution in [-0.2, 0) is 4.79 Å². The summed E-state index contributed by atoms with van der Waals surface area (Å²) in [5.41, 5.74) is 5.20. The Morgan fingerprint density at radius 1 is 1.13 bits per heavy atom. The van der Waals surface area contributed by atoms with E-state index < -0.39 is 0 Å². The van der Waals surface area contributed by atoms with Crippen molar-refractivity contribution < 1.29 is 13.6 Å². The summed E-state index contributed by atoms with van der Waals surface area (Å²) in [5, 5.41) is 5.87. The molecule has 0 aliphatic rings. The van der Waals surface area contributed by atoms with E-state index in [1.165, 1.54) is 12.3 Å². The maximum atomic E-state index is 12.0. The number of fused-ring (bicyclic) bond motifs is 1. The summed E-state index contributed by atoms with van der Waals surface area (Å²) in [7, 11) is 0. The molecule has 1 amide bonds. The van der Waals surface area contributed by atoms with E-state index in [2.05, 4.69) is 15.6 Å². The molecule has 6 nitrogen and oxygen atoms in total. The maximum absolute atomic E-state index is 12.0. The highest BCUT2D eigenvalue weighted by atomic mass is 32.1. The molecule has 0 aliphatic carbocycles. The minimum absolute atomic E-state index is 0.192. The molecule has 0 saturated carbocycles. The molecule has 0 aliphatic heterocycles. The number of furan rings is 1. The van der Waals surface area contributed by atoms with E-state index in [0.717, 1.165) is 33.5 Å². The first-order valence-electron chi connectivity index (χ1n) is 9.30. The van der Waals surface area contributed by atoms with E-state index in [-0.39, 0.29) is 11.0 Å². The fourth-order valence-corrected chi connectivity index (χ4v) is 3.11. The lowest BCUT2D eigenvalue weighted by molar-refractivity contribution is -0.115. The summed E-state index contributed by atoms with van der Waals surface area (Å²) >= 11 is 5.27. The third-order valence-corrected chi connectivity index (χ3v) is 4.66. The molecule has 2 N–H and O–H groups in total. The zero-order valence-corrected chi connectivity index (χ0v) is 17.2. The number of anilines is 1. The molecule has 0 unspecified atom stereocenters. The molecule has 4 aromatic rings. The number of benzene rings is 2. The molecule has 2 heterocycles. The number of rotatable bonds is 4. The lowest BCUT2D eigenvalue weighted by Crippen LogP contribution is -2.33. The molecule has 0 atom stereocenters. The van der Waals surface area contributed by atoms with Crippen molar-refractivity contribution >= 4 is 46.1 Å². The first kappa shape index (κ1) is 19.6. The van der Waals surface area contributed by atoms with Gasteiger partial charge < -0.3 is 14.2 Å². The lowest BCUT2D eigenvalue weighted by atomic mass is 10.1. The number of hydrogen-bond acceptors (Lipinski definition) is 5. The van der Waals surface area contributed by atoms with Crippen LogP contribution in [0.1, 0.15) is 16.9 Å². The van der Waals surface area contributed by atoms with E-state index in [9.17, 15) is 4.79 Å². The van der Waals surface area contributed by atoms with E-state index in [1.807, 2.05) is 50.2 Å². The number of hydrogen-bond donors (Lipinski definition) is 2. The number of carbonyl (C=O) groups excluding carboxylic acids is 1. The number of carbonyl (C=O) groups is 1. The molecular formula is C23H19N3O3S. The molecule has 150 valence electrons. The first-order chi connectivity index (χ1) is 14.5. The van der Waals surface area contributed by atoms with Crippen LogP contribution in [0.25, 0.3) is 28.6 Å². The van der Waals surface area contributed by atoms with Crippen molar-refractivity contribution in [3.63, 3.8) is 0 Å². The van der Waals surface area contributed by atoms with Crippen molar-refractivity contribution in [3.8, 4) is 11.5 Å². The number of aromatic nitrogens is 1. The van der Waals surface area contributed by atoms with Gasteiger partial charge in [0.05, 0.1) is 6.26 Å². The van der Waals surface area contributed by atoms with Gasteiger partial charge in [-0.15, -0.1) is 0 Å². The van der Waals surface area contributed by atoms with Crippen molar-refractivity contribution in [1.29, 1.82) is 0 Å². The quantitative estimate of drug-likeness (QED) is 0.350. The second-order valence-corrected chi connectivity index (χ2v) is 7.22. The van der Waals surface area contributed by atoms with Crippen LogP contribution in [0.15, 0.2) is 69.7 Å². The summed E-state index contributed by atoms with van der Waals surface area (Å²) in [6.07, 6.45) is 4.47. The van der Waals surface area contributed by atoms with Crippen LogP contribution in [0.4, 0.5) is 5.69 Å². The Bertz CT molecular complexity index is 1260. The van der Waals surface area contributed by atoms with Crippen molar-refractivity contribution in [2.24, 2.45) is 0 Å². The predicted molar refractivity (Wildman–Crippen MR) is 121 cm³/mol. The average Bonchev–Trinajstić information content (AvgIpc) is 3.37. The molecule has 7 heteroatoms. The van der Waals surface area contributed by atoms with Crippen LogP contribution in [-0.4, -0.2) is 16.0 Å². The van der Waals surface area contributed by atoms with E-state index in [0.29, 0.717) is 11.7 Å². The molecule has 2 aromatic carbocycles. The molecule has 0 spiro atoms. The highest BCUT2D eigenvalue weighted by Crippen LogP contribution is 2.28. The van der Waals surface area contributed by atoms with Crippen LogP contribution in [0.3, 0.4) is 0 Å². The van der Waals surface area contributed by atoms with Crippen molar-refractivity contribution in [1.82, 2.24) is 10.3 Å². The molecule has 0 bridgehead atoms. The predicted octanol–water partition coefficient (Wildman–Crippen LogP) is 5.23. The summed E-state index contributed by atoms with van der Waals surface area (Å²) < 4.78 is 11.0. The van der Waals surface area contributed by atoms with Gasteiger partial charge in [-0.05, 0) is 79.7 Å². The number of aryl methyl sites for hydroxylation is 2. The van der Waals surface area contributed by atoms with E-state index >= 15 is 0 Å². The molecule has 0 fully saturated rings. The third-order valence-electron chi connectivity index (χ3n) is 4.45. The zero-order chi connectivity index (χ0) is 21.1. The van der Waals surface area contributed by atoms with Crippen molar-refractivity contribution in [2.45, 2.75) is 13.8 Å². The Labute approximate surface area is 178 Å². The molecule has 0 saturated heterocycles. The van der Waals surface area contributed by atoms with Gasteiger partial charge in [-0.3, -0.25) is 10.1 Å². The van der Waals surface area contributed by atoms with Gasteiger partial charge in [0.15, 0.2) is 10.7 Å². The molecule has 2 aromatic heterocycles. The average molecular weight is 417 g/mol. The SMILES string of the molecule is Cc1ccc2oc(-c3ccc(C)c(NC(=S)NC(=O)/C=C/c4ccco4)c3)nc2c1. The van der Waals surface area contributed by atoms with E-state index in [4.69, 9.17) is 21.1 Å². The first-order valence-corrected chi connectivity index (χ1v) is 9.70. The standard InChI is InChI=1S/C23H19N3O3S/c1-14-5-9-20-19(12-14)24-22(29-20)16-7-6-15(2)18(13-16)25-23(30)26-21(27)10-8-17-4-3-11-28-17/h3-13H,1-2H3,(H2,25,26,27,30)/b10-8+. The Kier molecular flexibility index (Phi) is 5.45. The molecule has 4 rings (SSSR count). The zero-order valence-electron chi connectivity index (χ0n) is 16.4. The van der Waals surface area contributed by atoms with Gasteiger partial charge in [0.1, 0.15) is 11.3 Å². The fraction of sp³-hybridized carbons (Fsp3) is 0.0870. The molecule has 0 radical (unpaired) electrons. The second kappa shape index (κ2) is 8.34. The van der Waals surface area contributed by atoms with Gasteiger partial charge in [-0.1, -0.05) is 12.1 Å². The lowest BCUT2D eigenvalue weighted by Gasteiger charge is -2.11. The van der Waals surface area contributed by atoms with Crippen molar-refractivity contribution in [2.75, 3.05) is 5.32 Å². The Hall–Kier alpha value is -3.71. The largest absolute Gasteiger partial charge is 0.465 e. The van der Waals surface area contributed by atoms with Crippen LogP contribution >= 0.6 is 12.2 Å². The van der Waals surface area contributed by atoms with E-state index in [1.54, 1.807) is 18.2 Å². The molecule has 30 heavy (non-hydrogen) atoms. The van der Waals surface area contributed by atoms with Gasteiger partial charge in [0.25, 0.3) is 0 Å². The number of nitrogens with zero attached hydrogens (tertiary/aromatic N) is 1. The second-order valence-electron chi connectivity index (χ2n) is 6.81. The minimum Gasteiger partial charge on any atom is -0.465 e. The smallest absolute Gasteiger partial charge is 0.250 e. The normalized spacial score (nSPS) is 11.1. The topological polar surface area (TPSA) is 80.3 Å². The Morgan fingerprint density at radius 2 is 2.00 bits per heavy atom. The molecular weight excluding hydrogens is 398 g/mol. The minimum atomic E-state index is -0.355. The maximum Gasteiger partial charge on any atom is 0.250 e. The highest BCUT2D eigenvalue weighted by Gasteiger charge is 2.11. The number of oxazole rings is 1. The van der Waals surface area contributed by atoms with Gasteiger partial charge in [-0.25, -0.2) is 4.98 Å². The van der Waals surface area contributed by atoms with Gasteiger partial charge in [0, 0.05) is 17.3 Å². The number of nitrogens with one attached hydrogen (secondary N) is 2. The Morgan fingerprint density at radius 3 is 2.80 bits per heavy atom.